The van der Waals surface area contributed by atoms with Gasteiger partial charge in [0.1, 0.15) is 0 Å². The van der Waals surface area contributed by atoms with E-state index in [1.54, 1.807) is 31.2 Å². The Kier molecular flexibility index (Phi) is 3.32. The van der Waals surface area contributed by atoms with Gasteiger partial charge in [0, 0.05) is 17.6 Å². The van der Waals surface area contributed by atoms with Crippen LogP contribution in [0.1, 0.15) is 43.5 Å². The second kappa shape index (κ2) is 5.02. The third-order valence-corrected chi connectivity index (χ3v) is 4.25. The maximum absolute atomic E-state index is 12.3. The summed E-state index contributed by atoms with van der Waals surface area (Å²) in [5, 5.41) is 0. The Labute approximate surface area is 123 Å². The maximum atomic E-state index is 12.3. The minimum Gasteiger partial charge on any atom is -0.415 e. The van der Waals surface area contributed by atoms with Crippen LogP contribution in [0.4, 0.5) is 0 Å². The topological polar surface area (TPSA) is 52.6 Å². The fraction of sp³-hybridized carbons (Fsp3) is 0.412. The van der Waals surface area contributed by atoms with Crippen molar-refractivity contribution in [1.29, 1.82) is 0 Å². The molecule has 4 heteroatoms. The molecule has 2 atom stereocenters. The van der Waals surface area contributed by atoms with Gasteiger partial charge in [-0.1, -0.05) is 25.1 Å². The lowest BCUT2D eigenvalue weighted by Crippen LogP contribution is -2.42. The van der Waals surface area contributed by atoms with Crippen LogP contribution in [0.3, 0.4) is 0 Å². The van der Waals surface area contributed by atoms with Gasteiger partial charge in [-0.3, -0.25) is 0 Å². The Hall–Kier alpha value is -2.10. The standard InChI is InChI=1S/C17H18O4/c1-11-8-9-14-12(2)15(18)20-17(14,10-11)21-16(19)13-6-4-3-5-7-13/h3-7,11H,8-10H2,1-2H3/t11-,17+/m1/s1. The summed E-state index contributed by atoms with van der Waals surface area (Å²) in [5.41, 5.74) is 1.88. The van der Waals surface area contributed by atoms with Crippen molar-refractivity contribution in [2.75, 3.05) is 0 Å². The number of ether oxygens (including phenoxy) is 2. The van der Waals surface area contributed by atoms with Gasteiger partial charge < -0.3 is 9.47 Å². The molecule has 21 heavy (non-hydrogen) atoms. The molecule has 110 valence electrons. The summed E-state index contributed by atoms with van der Waals surface area (Å²) in [7, 11) is 0. The number of carbonyl (C=O) groups is 2. The van der Waals surface area contributed by atoms with Crippen molar-refractivity contribution in [3.8, 4) is 0 Å². The van der Waals surface area contributed by atoms with Gasteiger partial charge in [0.25, 0.3) is 5.79 Å². The third-order valence-electron chi connectivity index (χ3n) is 4.25. The lowest BCUT2D eigenvalue weighted by molar-refractivity contribution is -0.191. The second-order valence-corrected chi connectivity index (χ2v) is 5.85. The number of hydrogen-bond acceptors (Lipinski definition) is 4. The van der Waals surface area contributed by atoms with E-state index in [0.29, 0.717) is 23.5 Å². The van der Waals surface area contributed by atoms with Crippen LogP contribution in [0.15, 0.2) is 41.5 Å². The molecular formula is C17H18O4. The molecule has 0 unspecified atom stereocenters. The van der Waals surface area contributed by atoms with Crippen molar-refractivity contribution >= 4 is 11.9 Å². The highest BCUT2D eigenvalue weighted by Crippen LogP contribution is 2.46. The molecule has 0 radical (unpaired) electrons. The van der Waals surface area contributed by atoms with Gasteiger partial charge in [-0.2, -0.15) is 0 Å². The van der Waals surface area contributed by atoms with E-state index in [1.165, 1.54) is 0 Å². The predicted molar refractivity (Wildman–Crippen MR) is 76.4 cm³/mol. The summed E-state index contributed by atoms with van der Waals surface area (Å²) in [4.78, 5) is 24.2. The molecule has 1 aromatic carbocycles. The van der Waals surface area contributed by atoms with Gasteiger partial charge in [0.05, 0.1) is 5.56 Å². The molecule has 1 aliphatic heterocycles. The number of rotatable bonds is 2. The van der Waals surface area contributed by atoms with Gasteiger partial charge in [-0.05, 0) is 37.8 Å². The molecule has 3 rings (SSSR count). The summed E-state index contributed by atoms with van der Waals surface area (Å²) < 4.78 is 11.1. The number of benzene rings is 1. The Morgan fingerprint density at radius 2 is 2.05 bits per heavy atom. The minimum absolute atomic E-state index is 0.344. The summed E-state index contributed by atoms with van der Waals surface area (Å²) in [5.74, 6) is -1.67. The summed E-state index contributed by atoms with van der Waals surface area (Å²) in [6.45, 7) is 3.82. The summed E-state index contributed by atoms with van der Waals surface area (Å²) >= 11 is 0. The zero-order valence-electron chi connectivity index (χ0n) is 12.2. The van der Waals surface area contributed by atoms with Gasteiger partial charge in [0.15, 0.2) is 0 Å². The molecule has 0 spiro atoms. The van der Waals surface area contributed by atoms with Crippen LogP contribution in [0.25, 0.3) is 0 Å². The van der Waals surface area contributed by atoms with Gasteiger partial charge in [0.2, 0.25) is 0 Å². The first-order chi connectivity index (χ1) is 10.0. The molecule has 0 bridgehead atoms. The van der Waals surface area contributed by atoms with Gasteiger partial charge in [-0.15, -0.1) is 0 Å². The second-order valence-electron chi connectivity index (χ2n) is 5.85. The Bertz CT molecular complexity index is 617. The van der Waals surface area contributed by atoms with Gasteiger partial charge >= 0.3 is 11.9 Å². The fourth-order valence-corrected chi connectivity index (χ4v) is 3.10. The van der Waals surface area contributed by atoms with Crippen molar-refractivity contribution in [3.63, 3.8) is 0 Å². The average molecular weight is 286 g/mol. The summed E-state index contributed by atoms with van der Waals surface area (Å²) in [6.07, 6.45) is 2.25. The number of esters is 2. The molecule has 0 saturated heterocycles. The van der Waals surface area contributed by atoms with E-state index in [0.717, 1.165) is 18.4 Å². The first kappa shape index (κ1) is 13.9. The largest absolute Gasteiger partial charge is 0.415 e. The zero-order valence-corrected chi connectivity index (χ0v) is 12.2. The molecule has 2 aliphatic rings. The monoisotopic (exact) mass is 286 g/mol. The van der Waals surface area contributed by atoms with Crippen LogP contribution in [0.5, 0.6) is 0 Å². The smallest absolute Gasteiger partial charge is 0.341 e. The molecule has 0 amide bonds. The Morgan fingerprint density at radius 1 is 1.33 bits per heavy atom. The Morgan fingerprint density at radius 3 is 2.76 bits per heavy atom. The van der Waals surface area contributed by atoms with E-state index in [4.69, 9.17) is 9.47 Å². The van der Waals surface area contributed by atoms with Crippen molar-refractivity contribution in [2.45, 2.75) is 38.9 Å². The third kappa shape index (κ3) is 2.35. The first-order valence-electron chi connectivity index (χ1n) is 7.24. The maximum Gasteiger partial charge on any atom is 0.341 e. The zero-order chi connectivity index (χ0) is 15.0. The van der Waals surface area contributed by atoms with E-state index >= 15 is 0 Å². The van der Waals surface area contributed by atoms with Crippen LogP contribution >= 0.6 is 0 Å². The molecule has 0 aromatic heterocycles. The van der Waals surface area contributed by atoms with Crippen LogP contribution in [0.2, 0.25) is 0 Å². The van der Waals surface area contributed by atoms with E-state index in [2.05, 4.69) is 6.92 Å². The van der Waals surface area contributed by atoms with E-state index in [9.17, 15) is 9.59 Å². The predicted octanol–water partition coefficient (Wildman–Crippen LogP) is 3.23. The highest BCUT2D eigenvalue weighted by atomic mass is 16.7. The summed E-state index contributed by atoms with van der Waals surface area (Å²) in [6, 6.07) is 8.78. The average Bonchev–Trinajstić information content (AvgIpc) is 2.70. The minimum atomic E-state index is -1.19. The van der Waals surface area contributed by atoms with E-state index in [1.807, 2.05) is 6.07 Å². The van der Waals surface area contributed by atoms with Crippen molar-refractivity contribution in [3.05, 3.63) is 47.0 Å². The molecule has 1 aromatic rings. The molecule has 1 aliphatic carbocycles. The lowest BCUT2D eigenvalue weighted by Gasteiger charge is -2.36. The molecule has 1 heterocycles. The lowest BCUT2D eigenvalue weighted by atomic mass is 9.81. The quantitative estimate of drug-likeness (QED) is 0.783. The molecule has 1 fully saturated rings. The van der Waals surface area contributed by atoms with E-state index in [-0.39, 0.29) is 5.97 Å². The molecular weight excluding hydrogens is 268 g/mol. The normalized spacial score (nSPS) is 28.1. The molecule has 4 nitrogen and oxygen atoms in total. The van der Waals surface area contributed by atoms with Crippen molar-refractivity contribution < 1.29 is 19.1 Å². The SMILES string of the molecule is CC1=C2CC[C@@H](C)C[C@@]2(OC(=O)c2ccccc2)OC1=O. The van der Waals surface area contributed by atoms with Crippen molar-refractivity contribution in [1.82, 2.24) is 0 Å². The number of carbonyl (C=O) groups excluding carboxylic acids is 2. The Balaban J connectivity index is 1.91. The highest BCUT2D eigenvalue weighted by Gasteiger charge is 2.52. The van der Waals surface area contributed by atoms with Crippen LogP contribution in [-0.2, 0) is 14.3 Å². The van der Waals surface area contributed by atoms with Crippen molar-refractivity contribution in [2.24, 2.45) is 5.92 Å². The van der Waals surface area contributed by atoms with Gasteiger partial charge in [-0.25, -0.2) is 9.59 Å². The van der Waals surface area contributed by atoms with Crippen LogP contribution < -0.4 is 0 Å². The highest BCUT2D eigenvalue weighted by molar-refractivity contribution is 5.94. The fourth-order valence-electron chi connectivity index (χ4n) is 3.10. The van der Waals surface area contributed by atoms with Crippen LogP contribution in [-0.4, -0.2) is 17.7 Å². The molecule has 1 saturated carbocycles. The number of fused-ring (bicyclic) bond motifs is 1. The number of hydrogen-bond donors (Lipinski definition) is 0. The molecule has 0 N–H and O–H groups in total. The van der Waals surface area contributed by atoms with Crippen LogP contribution in [0, 0.1) is 5.92 Å². The van der Waals surface area contributed by atoms with E-state index < -0.39 is 11.8 Å². The first-order valence-corrected chi connectivity index (χ1v) is 7.24.